The molecule has 5 nitrogen and oxygen atoms in total. The molecule has 0 aromatic heterocycles. The maximum absolute atomic E-state index is 11.6. The van der Waals surface area contributed by atoms with E-state index in [-0.39, 0.29) is 18.2 Å². The van der Waals surface area contributed by atoms with Crippen LogP contribution in [0.1, 0.15) is 44.2 Å². The standard InChI is InChI=1S/C21H27NO4S/c1-15(16-7-13-19(14-8-16)27(2,24)25)22-17-9-11-18(12-10-17)26-21-6-4-3-5-20(21)23/h7-15,20-23H,3-6H2,1-2H3/t15-,20+,21-/m0/s1. The quantitative estimate of drug-likeness (QED) is 0.782. The molecular formula is C21H27NO4S. The summed E-state index contributed by atoms with van der Waals surface area (Å²) in [5, 5.41) is 13.4. The van der Waals surface area contributed by atoms with E-state index >= 15 is 0 Å². The van der Waals surface area contributed by atoms with Gasteiger partial charge in [0.25, 0.3) is 0 Å². The lowest BCUT2D eigenvalue weighted by molar-refractivity contribution is 0.00688. The zero-order valence-electron chi connectivity index (χ0n) is 15.8. The van der Waals surface area contributed by atoms with Crippen molar-refractivity contribution in [3.8, 4) is 5.75 Å². The molecule has 1 aliphatic carbocycles. The molecule has 0 bridgehead atoms. The van der Waals surface area contributed by atoms with E-state index in [0.29, 0.717) is 4.90 Å². The number of hydrogen-bond acceptors (Lipinski definition) is 5. The maximum atomic E-state index is 11.6. The molecule has 3 atom stereocenters. The number of ether oxygens (including phenoxy) is 1. The lowest BCUT2D eigenvalue weighted by Gasteiger charge is -2.28. The second-order valence-corrected chi connectivity index (χ2v) is 9.26. The normalized spacial score (nSPS) is 21.4. The minimum atomic E-state index is -3.18. The average Bonchev–Trinajstić information content (AvgIpc) is 2.64. The summed E-state index contributed by atoms with van der Waals surface area (Å²) < 4.78 is 29.0. The molecule has 0 unspecified atom stereocenters. The van der Waals surface area contributed by atoms with Gasteiger partial charge in [-0.25, -0.2) is 8.42 Å². The lowest BCUT2D eigenvalue weighted by Crippen LogP contribution is -2.34. The van der Waals surface area contributed by atoms with Gasteiger partial charge >= 0.3 is 0 Å². The third-order valence-corrected chi connectivity index (χ3v) is 6.13. The topological polar surface area (TPSA) is 75.6 Å². The molecular weight excluding hydrogens is 362 g/mol. The van der Waals surface area contributed by atoms with Gasteiger partial charge in [-0.1, -0.05) is 18.6 Å². The van der Waals surface area contributed by atoms with E-state index in [0.717, 1.165) is 42.7 Å². The van der Waals surface area contributed by atoms with Gasteiger partial charge in [0.15, 0.2) is 9.84 Å². The Kier molecular flexibility index (Phi) is 6.07. The van der Waals surface area contributed by atoms with Gasteiger partial charge < -0.3 is 15.2 Å². The lowest BCUT2D eigenvalue weighted by atomic mass is 9.95. The summed E-state index contributed by atoms with van der Waals surface area (Å²) in [5.41, 5.74) is 1.96. The van der Waals surface area contributed by atoms with Crippen LogP contribution in [0.2, 0.25) is 0 Å². The fourth-order valence-corrected chi connectivity index (χ4v) is 3.99. The molecule has 2 aromatic carbocycles. The minimum absolute atomic E-state index is 0.0329. The largest absolute Gasteiger partial charge is 0.488 e. The second kappa shape index (κ2) is 8.31. The molecule has 0 amide bonds. The first-order valence-corrected chi connectivity index (χ1v) is 11.2. The van der Waals surface area contributed by atoms with Gasteiger partial charge in [-0.05, 0) is 68.1 Å². The van der Waals surface area contributed by atoms with Crippen molar-refractivity contribution in [1.82, 2.24) is 0 Å². The maximum Gasteiger partial charge on any atom is 0.175 e. The number of sulfone groups is 1. The van der Waals surface area contributed by atoms with Crippen LogP contribution in [-0.4, -0.2) is 32.0 Å². The van der Waals surface area contributed by atoms with E-state index < -0.39 is 9.84 Å². The number of rotatable bonds is 6. The average molecular weight is 390 g/mol. The smallest absolute Gasteiger partial charge is 0.175 e. The van der Waals surface area contributed by atoms with Gasteiger partial charge in [0, 0.05) is 18.0 Å². The van der Waals surface area contributed by atoms with E-state index in [4.69, 9.17) is 4.74 Å². The molecule has 1 saturated carbocycles. The van der Waals surface area contributed by atoms with E-state index in [1.54, 1.807) is 12.1 Å². The molecule has 2 aromatic rings. The number of benzene rings is 2. The van der Waals surface area contributed by atoms with Gasteiger partial charge in [-0.3, -0.25) is 0 Å². The predicted molar refractivity (Wildman–Crippen MR) is 107 cm³/mol. The minimum Gasteiger partial charge on any atom is -0.488 e. The summed E-state index contributed by atoms with van der Waals surface area (Å²) in [6, 6.07) is 14.7. The highest BCUT2D eigenvalue weighted by molar-refractivity contribution is 7.90. The SMILES string of the molecule is C[C@H](Nc1ccc(O[C@H]2CCCC[C@H]2O)cc1)c1ccc(S(C)(=O)=O)cc1. The van der Waals surface area contributed by atoms with E-state index in [1.807, 2.05) is 43.3 Å². The molecule has 3 rings (SSSR count). The zero-order chi connectivity index (χ0) is 19.4. The fraction of sp³-hybridized carbons (Fsp3) is 0.429. The molecule has 146 valence electrons. The van der Waals surface area contributed by atoms with Crippen LogP contribution in [0.15, 0.2) is 53.4 Å². The van der Waals surface area contributed by atoms with Crippen LogP contribution in [0.4, 0.5) is 5.69 Å². The van der Waals surface area contributed by atoms with Crippen molar-refractivity contribution < 1.29 is 18.3 Å². The first kappa shape index (κ1) is 19.7. The van der Waals surface area contributed by atoms with E-state index in [9.17, 15) is 13.5 Å². The Morgan fingerprint density at radius 2 is 1.67 bits per heavy atom. The van der Waals surface area contributed by atoms with Crippen LogP contribution in [0, 0.1) is 0 Å². The number of nitrogens with one attached hydrogen (secondary N) is 1. The van der Waals surface area contributed by atoms with Gasteiger partial charge in [-0.2, -0.15) is 0 Å². The number of aliphatic hydroxyl groups excluding tert-OH is 1. The Morgan fingerprint density at radius 3 is 2.26 bits per heavy atom. The number of anilines is 1. The molecule has 0 heterocycles. The van der Waals surface area contributed by atoms with Gasteiger partial charge in [0.05, 0.1) is 11.0 Å². The Morgan fingerprint density at radius 1 is 1.04 bits per heavy atom. The molecule has 0 radical (unpaired) electrons. The first-order chi connectivity index (χ1) is 12.8. The Balaban J connectivity index is 1.60. The summed E-state index contributed by atoms with van der Waals surface area (Å²) >= 11 is 0. The van der Waals surface area contributed by atoms with Crippen molar-refractivity contribution in [1.29, 1.82) is 0 Å². The van der Waals surface area contributed by atoms with Crippen molar-refractivity contribution >= 4 is 15.5 Å². The third kappa shape index (κ3) is 5.23. The summed E-state index contributed by atoms with van der Waals surface area (Å²) in [6.07, 6.45) is 4.56. The van der Waals surface area contributed by atoms with Crippen LogP contribution < -0.4 is 10.1 Å². The second-order valence-electron chi connectivity index (χ2n) is 7.24. The highest BCUT2D eigenvalue weighted by atomic mass is 32.2. The Hall–Kier alpha value is -2.05. The van der Waals surface area contributed by atoms with Crippen LogP contribution in [0.3, 0.4) is 0 Å². The Bertz CT molecular complexity index is 847. The molecule has 0 saturated heterocycles. The van der Waals surface area contributed by atoms with Crippen molar-refractivity contribution in [2.45, 2.75) is 55.8 Å². The number of aliphatic hydroxyl groups is 1. The molecule has 27 heavy (non-hydrogen) atoms. The number of hydrogen-bond donors (Lipinski definition) is 2. The van der Waals surface area contributed by atoms with Crippen LogP contribution in [0.25, 0.3) is 0 Å². The summed E-state index contributed by atoms with van der Waals surface area (Å²) in [4.78, 5) is 0.324. The molecule has 0 aliphatic heterocycles. The van der Waals surface area contributed by atoms with E-state index in [2.05, 4.69) is 5.32 Å². The van der Waals surface area contributed by atoms with Crippen LogP contribution in [-0.2, 0) is 9.84 Å². The summed E-state index contributed by atoms with van der Waals surface area (Å²) in [5.74, 6) is 0.761. The fourth-order valence-electron chi connectivity index (χ4n) is 3.36. The third-order valence-electron chi connectivity index (χ3n) is 5.00. The predicted octanol–water partition coefficient (Wildman–Crippen LogP) is 3.95. The van der Waals surface area contributed by atoms with Crippen LogP contribution in [0.5, 0.6) is 5.75 Å². The van der Waals surface area contributed by atoms with Crippen molar-refractivity contribution in [2.24, 2.45) is 0 Å². The van der Waals surface area contributed by atoms with Crippen LogP contribution >= 0.6 is 0 Å². The molecule has 6 heteroatoms. The molecule has 2 N–H and O–H groups in total. The van der Waals surface area contributed by atoms with Gasteiger partial charge in [0.2, 0.25) is 0 Å². The highest BCUT2D eigenvalue weighted by Crippen LogP contribution is 2.26. The summed E-state index contributed by atoms with van der Waals surface area (Å²) in [6.45, 7) is 2.03. The molecule has 0 spiro atoms. The summed E-state index contributed by atoms with van der Waals surface area (Å²) in [7, 11) is -3.18. The zero-order valence-corrected chi connectivity index (χ0v) is 16.6. The highest BCUT2D eigenvalue weighted by Gasteiger charge is 2.24. The first-order valence-electron chi connectivity index (χ1n) is 9.34. The van der Waals surface area contributed by atoms with E-state index in [1.165, 1.54) is 6.26 Å². The van der Waals surface area contributed by atoms with Crippen molar-refractivity contribution in [3.05, 3.63) is 54.1 Å². The van der Waals surface area contributed by atoms with Crippen molar-refractivity contribution in [2.75, 3.05) is 11.6 Å². The molecule has 1 aliphatic rings. The van der Waals surface area contributed by atoms with Gasteiger partial charge in [0.1, 0.15) is 11.9 Å². The monoisotopic (exact) mass is 389 g/mol. The Labute approximate surface area is 161 Å². The van der Waals surface area contributed by atoms with Crippen molar-refractivity contribution in [3.63, 3.8) is 0 Å². The molecule has 1 fully saturated rings. The van der Waals surface area contributed by atoms with Gasteiger partial charge in [-0.15, -0.1) is 0 Å².